The minimum Gasteiger partial charge on any atom is -0.456 e. The molecule has 6 heteroatoms. The van der Waals surface area contributed by atoms with E-state index in [9.17, 15) is 0 Å². The molecule has 12 rings (SSSR count). The van der Waals surface area contributed by atoms with Gasteiger partial charge < -0.3 is 18.0 Å². The number of furan rings is 2. The molecule has 290 valence electrons. The molecule has 60 heavy (non-hydrogen) atoms. The van der Waals surface area contributed by atoms with Gasteiger partial charge in [-0.3, -0.25) is 0 Å². The van der Waals surface area contributed by atoms with E-state index >= 15 is 0 Å². The zero-order valence-corrected chi connectivity index (χ0v) is 36.7. The highest BCUT2D eigenvalue weighted by Crippen LogP contribution is 2.42. The molecule has 0 bridgehead atoms. The average molecular weight is 809 g/mol. The summed E-state index contributed by atoms with van der Waals surface area (Å²) in [6.07, 6.45) is 0. The first-order chi connectivity index (χ1) is 29.0. The van der Waals surface area contributed by atoms with Crippen LogP contribution < -0.4 is 10.4 Å². The van der Waals surface area contributed by atoms with Crippen LogP contribution in [-0.4, -0.2) is 25.3 Å². The van der Waals surface area contributed by atoms with Crippen LogP contribution in [0.2, 0.25) is 39.3 Å². The van der Waals surface area contributed by atoms with Crippen molar-refractivity contribution in [2.45, 2.75) is 39.3 Å². The fraction of sp³-hybridized carbons (Fsp3) is 0.111. The lowest BCUT2D eigenvalue weighted by atomic mass is 10.0. The zero-order chi connectivity index (χ0) is 40.7. The molecule has 0 unspecified atom stereocenters. The maximum Gasteiger partial charge on any atom is 0.137 e. The van der Waals surface area contributed by atoms with Crippen LogP contribution in [0.4, 0.5) is 0 Å². The van der Waals surface area contributed by atoms with Gasteiger partial charge in [-0.1, -0.05) is 135 Å². The number of benzene rings is 8. The Morgan fingerprint density at radius 3 is 1.12 bits per heavy atom. The number of aromatic nitrogens is 2. The number of fused-ring (bicyclic) bond motifs is 12. The highest BCUT2D eigenvalue weighted by Gasteiger charge is 2.24. The third-order valence-corrected chi connectivity index (χ3v) is 16.9. The molecule has 4 aromatic heterocycles. The Balaban J connectivity index is 1.12. The van der Waals surface area contributed by atoms with E-state index in [0.29, 0.717) is 0 Å². The first kappa shape index (κ1) is 35.3. The molecule has 0 atom stereocenters. The maximum absolute atomic E-state index is 6.40. The third kappa shape index (κ3) is 5.14. The molecule has 0 aliphatic rings. The van der Waals surface area contributed by atoms with E-state index in [-0.39, 0.29) is 0 Å². The molecule has 0 spiro atoms. The summed E-state index contributed by atoms with van der Waals surface area (Å²) in [6, 6.07) is 58.3. The van der Waals surface area contributed by atoms with Crippen molar-refractivity contribution in [2.75, 3.05) is 0 Å². The number of hydrogen-bond acceptors (Lipinski definition) is 2. The van der Waals surface area contributed by atoms with Gasteiger partial charge in [0.25, 0.3) is 0 Å². The zero-order valence-electron chi connectivity index (χ0n) is 34.7. The van der Waals surface area contributed by atoms with Gasteiger partial charge in [0.1, 0.15) is 22.3 Å². The van der Waals surface area contributed by atoms with Gasteiger partial charge in [-0.15, -0.1) is 0 Å². The second-order valence-corrected chi connectivity index (χ2v) is 28.8. The molecule has 0 radical (unpaired) electrons. The molecule has 0 amide bonds. The molecular formula is C54H44N2O2Si2. The molecule has 4 heterocycles. The lowest BCUT2D eigenvalue weighted by Crippen LogP contribution is -2.37. The number of para-hydroxylation sites is 2. The largest absolute Gasteiger partial charge is 0.456 e. The van der Waals surface area contributed by atoms with Crippen molar-refractivity contribution in [3.8, 4) is 22.5 Å². The first-order valence-corrected chi connectivity index (χ1v) is 28.0. The Hall–Kier alpha value is -6.61. The van der Waals surface area contributed by atoms with Gasteiger partial charge >= 0.3 is 0 Å². The van der Waals surface area contributed by atoms with Crippen molar-refractivity contribution < 1.29 is 8.83 Å². The lowest BCUT2D eigenvalue weighted by Gasteiger charge is -2.17. The monoisotopic (exact) mass is 808 g/mol. The van der Waals surface area contributed by atoms with Gasteiger partial charge in [0, 0.05) is 32.3 Å². The number of rotatable bonds is 5. The Labute approximate surface area is 349 Å². The molecule has 0 saturated carbocycles. The van der Waals surface area contributed by atoms with Crippen LogP contribution in [0.3, 0.4) is 0 Å². The van der Waals surface area contributed by atoms with Gasteiger partial charge in [0.05, 0.1) is 60.4 Å². The van der Waals surface area contributed by atoms with E-state index in [1.54, 1.807) is 0 Å². The van der Waals surface area contributed by atoms with Gasteiger partial charge in [-0.05, 0) is 83.9 Å². The average Bonchev–Trinajstić information content (AvgIpc) is 4.00. The minimum atomic E-state index is -1.61. The SMILES string of the molecule is C[Si](C)(C)c1ccc2c(c1)c1cc(-c3ccc4c(c3)c3cc([Si](C)(C)C)ccc3n4-c3cccc4oc5ccccc5c34)ccc1n2-c1cccc2oc3ccccc3c12. The van der Waals surface area contributed by atoms with E-state index in [0.717, 1.165) is 55.3 Å². The number of hydrogen-bond donors (Lipinski definition) is 0. The predicted octanol–water partition coefficient (Wildman–Crippen LogP) is 14.4. The topological polar surface area (TPSA) is 36.1 Å². The van der Waals surface area contributed by atoms with Crippen LogP contribution in [0, 0.1) is 0 Å². The van der Waals surface area contributed by atoms with Gasteiger partial charge in [-0.25, -0.2) is 0 Å². The van der Waals surface area contributed by atoms with E-state index in [2.05, 4.69) is 194 Å². The van der Waals surface area contributed by atoms with Gasteiger partial charge in [0.2, 0.25) is 0 Å². The van der Waals surface area contributed by atoms with Crippen molar-refractivity contribution in [1.29, 1.82) is 0 Å². The number of nitrogens with zero attached hydrogens (tertiary/aromatic N) is 2. The second kappa shape index (κ2) is 12.5. The summed E-state index contributed by atoms with van der Waals surface area (Å²) in [5.74, 6) is 0. The standard InChI is InChI=1S/C54H44N2O2Si2/c1-59(2,3)35-23-27-45-41(31-35)39-29-33(21-25-43(39)55(45)47-15-11-19-51-53(47)37-13-7-9-17-49(37)57-51)34-22-26-44-40(30-34)42-32-36(60(4,5)6)24-28-46(42)56(44)48-16-12-20-52-54(48)38-14-8-10-18-50(38)58-52/h7-32H,1-6H3. The van der Waals surface area contributed by atoms with E-state index in [1.807, 2.05) is 12.1 Å². The van der Waals surface area contributed by atoms with Crippen LogP contribution in [0.5, 0.6) is 0 Å². The second-order valence-electron chi connectivity index (χ2n) is 18.6. The summed E-state index contributed by atoms with van der Waals surface area (Å²) in [6.45, 7) is 14.6. The quantitative estimate of drug-likeness (QED) is 0.162. The summed E-state index contributed by atoms with van der Waals surface area (Å²) < 4.78 is 17.7. The molecule has 8 aromatic carbocycles. The molecule has 4 nitrogen and oxygen atoms in total. The van der Waals surface area contributed by atoms with E-state index < -0.39 is 16.1 Å². The van der Waals surface area contributed by atoms with Crippen molar-refractivity contribution >= 4 is 114 Å². The van der Waals surface area contributed by atoms with Gasteiger partial charge in [0.15, 0.2) is 0 Å². The maximum atomic E-state index is 6.40. The Bertz CT molecular complexity index is 3500. The first-order valence-electron chi connectivity index (χ1n) is 21.0. The highest BCUT2D eigenvalue weighted by molar-refractivity contribution is 6.89. The fourth-order valence-electron chi connectivity index (χ4n) is 9.74. The van der Waals surface area contributed by atoms with Crippen molar-refractivity contribution in [3.63, 3.8) is 0 Å². The van der Waals surface area contributed by atoms with Crippen LogP contribution in [0.1, 0.15) is 0 Å². The summed E-state index contributed by atoms with van der Waals surface area (Å²) in [5, 5.41) is 12.6. The highest BCUT2D eigenvalue weighted by atomic mass is 28.3. The third-order valence-electron chi connectivity index (χ3n) is 12.8. The summed E-state index contributed by atoms with van der Waals surface area (Å²) in [7, 11) is -3.23. The molecule has 12 aromatic rings. The van der Waals surface area contributed by atoms with Crippen molar-refractivity contribution in [3.05, 3.63) is 158 Å². The fourth-order valence-corrected chi connectivity index (χ4v) is 12.1. The van der Waals surface area contributed by atoms with Gasteiger partial charge in [-0.2, -0.15) is 0 Å². The molecule has 0 aliphatic carbocycles. The molecule has 0 aliphatic heterocycles. The minimum absolute atomic E-state index is 0.904. The summed E-state index contributed by atoms with van der Waals surface area (Å²) in [5.41, 5.74) is 13.1. The summed E-state index contributed by atoms with van der Waals surface area (Å²) >= 11 is 0. The van der Waals surface area contributed by atoms with Crippen LogP contribution in [0.15, 0.2) is 167 Å². The molecule has 0 N–H and O–H groups in total. The van der Waals surface area contributed by atoms with Crippen LogP contribution in [0.25, 0.3) is 110 Å². The van der Waals surface area contributed by atoms with E-state index in [4.69, 9.17) is 8.83 Å². The smallest absolute Gasteiger partial charge is 0.137 e. The normalized spacial score (nSPS) is 12.8. The van der Waals surface area contributed by atoms with Crippen molar-refractivity contribution in [1.82, 2.24) is 9.13 Å². The van der Waals surface area contributed by atoms with E-state index in [1.165, 1.54) is 65.1 Å². The van der Waals surface area contributed by atoms with Crippen LogP contribution in [-0.2, 0) is 0 Å². The predicted molar refractivity (Wildman–Crippen MR) is 261 cm³/mol. The van der Waals surface area contributed by atoms with Crippen molar-refractivity contribution in [2.24, 2.45) is 0 Å². The Kier molecular flexibility index (Phi) is 7.34. The molecular weight excluding hydrogens is 765 g/mol. The molecule has 0 fully saturated rings. The molecule has 0 saturated heterocycles. The van der Waals surface area contributed by atoms with Crippen LogP contribution >= 0.6 is 0 Å². The Morgan fingerprint density at radius 2 is 0.700 bits per heavy atom. The lowest BCUT2D eigenvalue weighted by molar-refractivity contribution is 0.668. The Morgan fingerprint density at radius 1 is 0.333 bits per heavy atom. The summed E-state index contributed by atoms with van der Waals surface area (Å²) in [4.78, 5) is 0.